The number of allylic oxidation sites excluding steroid dienone is 1. The van der Waals surface area contributed by atoms with Gasteiger partial charge in [0.05, 0.1) is 19.3 Å². The van der Waals surface area contributed by atoms with Gasteiger partial charge in [-0.25, -0.2) is 4.79 Å². The summed E-state index contributed by atoms with van der Waals surface area (Å²) in [4.78, 5) is 24.5. The molecule has 1 amide bonds. The number of ether oxygens (including phenoxy) is 3. The highest BCUT2D eigenvalue weighted by molar-refractivity contribution is 6.02. The fourth-order valence-electron chi connectivity index (χ4n) is 3.30. The standard InChI is InChI=1S/C24H27NO7/c1-30-24(29)17-6-4-16(5-7-17)18-14-21(32-22(15-18)31-13-3-2-12-26)23(28)25-19-8-10-20(27)11-9-19/h4-11,14,18,22,26-27H,2-3,12-13,15H2,1H3,(H,25,28)/t18-,22+/m1/s1. The van der Waals surface area contributed by atoms with Gasteiger partial charge in [-0.3, -0.25) is 4.79 Å². The molecule has 32 heavy (non-hydrogen) atoms. The highest BCUT2D eigenvalue weighted by atomic mass is 16.7. The van der Waals surface area contributed by atoms with Gasteiger partial charge in [-0.05, 0) is 60.9 Å². The van der Waals surface area contributed by atoms with Crippen molar-refractivity contribution in [2.24, 2.45) is 0 Å². The Kier molecular flexibility index (Phi) is 8.24. The molecule has 0 unspecified atom stereocenters. The van der Waals surface area contributed by atoms with E-state index in [4.69, 9.17) is 19.3 Å². The number of carbonyl (C=O) groups excluding carboxylic acids is 2. The summed E-state index contributed by atoms with van der Waals surface area (Å²) in [5.74, 6) is -0.797. The van der Waals surface area contributed by atoms with E-state index in [1.165, 1.54) is 19.2 Å². The highest BCUT2D eigenvalue weighted by Gasteiger charge is 2.29. The van der Waals surface area contributed by atoms with Crippen LogP contribution in [0.1, 0.15) is 41.1 Å². The SMILES string of the molecule is COC(=O)c1ccc([C@@H]2C=C(C(=O)Nc3ccc(O)cc3)O[C@H](OCCCCO)C2)cc1. The molecule has 0 radical (unpaired) electrons. The summed E-state index contributed by atoms with van der Waals surface area (Å²) in [6.45, 7) is 0.482. The topological polar surface area (TPSA) is 114 Å². The largest absolute Gasteiger partial charge is 0.508 e. The highest BCUT2D eigenvalue weighted by Crippen LogP contribution is 2.32. The molecule has 3 N–H and O–H groups in total. The Labute approximate surface area is 186 Å². The second-order valence-electron chi connectivity index (χ2n) is 7.34. The fourth-order valence-corrected chi connectivity index (χ4v) is 3.30. The number of amides is 1. The summed E-state index contributed by atoms with van der Waals surface area (Å²) in [7, 11) is 1.33. The zero-order valence-electron chi connectivity index (χ0n) is 17.8. The van der Waals surface area contributed by atoms with E-state index in [1.54, 1.807) is 30.3 Å². The van der Waals surface area contributed by atoms with Crippen molar-refractivity contribution in [2.45, 2.75) is 31.5 Å². The minimum Gasteiger partial charge on any atom is -0.508 e. The number of rotatable bonds is 9. The molecule has 1 heterocycles. The van der Waals surface area contributed by atoms with Crippen molar-refractivity contribution in [1.82, 2.24) is 0 Å². The number of esters is 1. The maximum atomic E-state index is 12.8. The van der Waals surface area contributed by atoms with Crippen molar-refractivity contribution in [3.05, 3.63) is 71.5 Å². The third-order valence-corrected chi connectivity index (χ3v) is 5.02. The van der Waals surface area contributed by atoms with Gasteiger partial charge in [-0.2, -0.15) is 0 Å². The molecule has 1 aliphatic heterocycles. The minimum atomic E-state index is -0.635. The van der Waals surface area contributed by atoms with Crippen molar-refractivity contribution in [2.75, 3.05) is 25.6 Å². The Morgan fingerprint density at radius 3 is 2.47 bits per heavy atom. The zero-order valence-corrected chi connectivity index (χ0v) is 17.8. The Balaban J connectivity index is 1.77. The number of hydrogen-bond donors (Lipinski definition) is 3. The molecule has 170 valence electrons. The van der Waals surface area contributed by atoms with Gasteiger partial charge in [-0.15, -0.1) is 0 Å². The van der Waals surface area contributed by atoms with E-state index in [9.17, 15) is 14.7 Å². The van der Waals surface area contributed by atoms with E-state index in [0.29, 0.717) is 37.1 Å². The summed E-state index contributed by atoms with van der Waals surface area (Å²) < 4.78 is 16.3. The first-order valence-corrected chi connectivity index (χ1v) is 10.4. The molecule has 2 aromatic rings. The molecule has 8 heteroatoms. The lowest BCUT2D eigenvalue weighted by molar-refractivity contribution is -0.143. The van der Waals surface area contributed by atoms with E-state index in [-0.39, 0.29) is 24.0 Å². The van der Waals surface area contributed by atoms with E-state index >= 15 is 0 Å². The van der Waals surface area contributed by atoms with E-state index < -0.39 is 18.2 Å². The molecule has 0 bridgehead atoms. The number of aliphatic hydroxyl groups excluding tert-OH is 1. The summed E-state index contributed by atoms with van der Waals surface area (Å²) in [5, 5.41) is 21.1. The number of hydrogen-bond acceptors (Lipinski definition) is 7. The van der Waals surface area contributed by atoms with Gasteiger partial charge in [-0.1, -0.05) is 12.1 Å². The first kappa shape index (κ1) is 23.3. The molecule has 0 aromatic heterocycles. The Hall–Kier alpha value is -3.36. The molecule has 0 saturated heterocycles. The number of phenolic OH excluding ortho intramolecular Hbond substituents is 1. The summed E-state index contributed by atoms with van der Waals surface area (Å²) >= 11 is 0. The van der Waals surface area contributed by atoms with Gasteiger partial charge in [0.15, 0.2) is 5.76 Å². The fraction of sp³-hybridized carbons (Fsp3) is 0.333. The smallest absolute Gasteiger partial charge is 0.337 e. The van der Waals surface area contributed by atoms with Gasteiger partial charge in [0.1, 0.15) is 5.75 Å². The lowest BCUT2D eigenvalue weighted by Gasteiger charge is -2.29. The molecule has 0 saturated carbocycles. The van der Waals surface area contributed by atoms with Crippen LogP contribution in [0.15, 0.2) is 60.4 Å². The second-order valence-corrected chi connectivity index (χ2v) is 7.34. The number of phenols is 1. The number of nitrogens with one attached hydrogen (secondary N) is 1. The van der Waals surface area contributed by atoms with Gasteiger partial charge in [0.25, 0.3) is 5.91 Å². The van der Waals surface area contributed by atoms with Gasteiger partial charge in [0, 0.05) is 24.6 Å². The lowest BCUT2D eigenvalue weighted by Crippen LogP contribution is -2.29. The van der Waals surface area contributed by atoms with Crippen LogP contribution < -0.4 is 5.32 Å². The molecular formula is C24H27NO7. The number of benzene rings is 2. The average Bonchev–Trinajstić information content (AvgIpc) is 2.82. The lowest BCUT2D eigenvalue weighted by atomic mass is 9.92. The molecule has 1 aliphatic rings. The normalized spacial score (nSPS) is 17.8. The van der Waals surface area contributed by atoms with Crippen LogP contribution in [0.2, 0.25) is 0 Å². The molecule has 2 atom stereocenters. The molecular weight excluding hydrogens is 414 g/mol. The van der Waals surface area contributed by atoms with Crippen LogP contribution in [0, 0.1) is 0 Å². The van der Waals surface area contributed by atoms with Crippen LogP contribution >= 0.6 is 0 Å². The maximum absolute atomic E-state index is 12.8. The zero-order chi connectivity index (χ0) is 22.9. The molecule has 0 fully saturated rings. The number of unbranched alkanes of at least 4 members (excludes halogenated alkanes) is 1. The third-order valence-electron chi connectivity index (χ3n) is 5.02. The first-order chi connectivity index (χ1) is 15.5. The van der Waals surface area contributed by atoms with Crippen molar-refractivity contribution in [3.63, 3.8) is 0 Å². The summed E-state index contributed by atoms with van der Waals surface area (Å²) in [5.41, 5.74) is 1.86. The van der Waals surface area contributed by atoms with Crippen molar-refractivity contribution >= 4 is 17.6 Å². The van der Waals surface area contributed by atoms with Crippen LogP contribution in [0.25, 0.3) is 0 Å². The van der Waals surface area contributed by atoms with Crippen LogP contribution in [-0.4, -0.2) is 48.7 Å². The Morgan fingerprint density at radius 1 is 1.09 bits per heavy atom. The predicted octanol–water partition coefficient (Wildman–Crippen LogP) is 3.32. The molecule has 2 aromatic carbocycles. The van der Waals surface area contributed by atoms with Crippen LogP contribution in [0.5, 0.6) is 5.75 Å². The van der Waals surface area contributed by atoms with Crippen molar-refractivity contribution in [3.8, 4) is 5.75 Å². The quantitative estimate of drug-likeness (QED) is 0.311. The first-order valence-electron chi connectivity index (χ1n) is 10.4. The Bertz CT molecular complexity index is 938. The monoisotopic (exact) mass is 441 g/mol. The molecule has 8 nitrogen and oxygen atoms in total. The number of methoxy groups -OCH3 is 1. The van der Waals surface area contributed by atoms with E-state index in [2.05, 4.69) is 5.32 Å². The molecule has 3 rings (SSSR count). The average molecular weight is 441 g/mol. The maximum Gasteiger partial charge on any atom is 0.337 e. The molecule has 0 spiro atoms. The van der Waals surface area contributed by atoms with Gasteiger partial charge in [0.2, 0.25) is 6.29 Å². The Morgan fingerprint density at radius 2 is 1.81 bits per heavy atom. The van der Waals surface area contributed by atoms with Crippen molar-refractivity contribution in [1.29, 1.82) is 0 Å². The number of aromatic hydroxyl groups is 1. The summed E-state index contributed by atoms with van der Waals surface area (Å²) in [6.07, 6.45) is 2.89. The van der Waals surface area contributed by atoms with E-state index in [0.717, 1.165) is 5.56 Å². The van der Waals surface area contributed by atoms with E-state index in [1.807, 2.05) is 12.1 Å². The second kappa shape index (κ2) is 11.3. The van der Waals surface area contributed by atoms with Crippen LogP contribution in [-0.2, 0) is 19.0 Å². The minimum absolute atomic E-state index is 0.0875. The third kappa shape index (κ3) is 6.32. The van der Waals surface area contributed by atoms with Gasteiger partial charge >= 0.3 is 5.97 Å². The van der Waals surface area contributed by atoms with Gasteiger partial charge < -0.3 is 29.7 Å². The van der Waals surface area contributed by atoms with Crippen molar-refractivity contribution < 1.29 is 34.0 Å². The molecule has 0 aliphatic carbocycles. The van der Waals surface area contributed by atoms with Crippen LogP contribution in [0.4, 0.5) is 5.69 Å². The predicted molar refractivity (Wildman–Crippen MR) is 117 cm³/mol. The van der Waals surface area contributed by atoms with Crippen LogP contribution in [0.3, 0.4) is 0 Å². The summed E-state index contributed by atoms with van der Waals surface area (Å²) in [6, 6.07) is 13.1. The number of anilines is 1. The number of carbonyl (C=O) groups is 2. The number of aliphatic hydroxyl groups is 1.